The van der Waals surface area contributed by atoms with Crippen molar-refractivity contribution in [3.05, 3.63) is 0 Å². The molecule has 0 rings (SSSR count). The first kappa shape index (κ1) is 33.9. The fourth-order valence-electron chi connectivity index (χ4n) is 0.816. The molecule has 3 unspecified atom stereocenters. The largest absolute Gasteiger partial charge is 0.481 e. The Morgan fingerprint density at radius 3 is 0.852 bits per heavy atom. The average molecular weight is 453 g/mol. The average Bonchev–Trinajstić information content (AvgIpc) is 2.43. The van der Waals surface area contributed by atoms with Gasteiger partial charge in [-0.1, -0.05) is 20.8 Å². The minimum atomic E-state index is -0.954. The van der Waals surface area contributed by atoms with E-state index in [2.05, 4.69) is 37.9 Å². The second kappa shape index (κ2) is 23.4. The van der Waals surface area contributed by atoms with Crippen molar-refractivity contribution in [2.75, 3.05) is 13.2 Å². The van der Waals surface area contributed by atoms with Crippen LogP contribution in [-0.4, -0.2) is 83.6 Å². The summed E-state index contributed by atoms with van der Waals surface area (Å²) in [6.45, 7) is 4.51. The molecule has 0 radical (unpaired) electrons. The van der Waals surface area contributed by atoms with Crippen LogP contribution in [0.2, 0.25) is 0 Å². The molecule has 3 atom stereocenters. The van der Waals surface area contributed by atoms with Crippen molar-refractivity contribution in [1.29, 1.82) is 0 Å². The first-order chi connectivity index (χ1) is 12.2. The molecule has 0 spiro atoms. The van der Waals surface area contributed by atoms with Crippen molar-refractivity contribution >= 4 is 55.8 Å². The number of carboxylic acid groups (broad SMARTS) is 3. The fourth-order valence-corrected chi connectivity index (χ4v) is 1.28. The maximum Gasteiger partial charge on any atom is 0.304 e. The molecule has 0 saturated heterocycles. The molecule has 0 saturated carbocycles. The Morgan fingerprint density at radius 2 is 0.852 bits per heavy atom. The lowest BCUT2D eigenvalue weighted by molar-refractivity contribution is -0.137. The van der Waals surface area contributed by atoms with E-state index >= 15 is 0 Å². The van der Waals surface area contributed by atoms with E-state index in [-0.39, 0.29) is 48.2 Å². The smallest absolute Gasteiger partial charge is 0.304 e. The number of hydrogen-bond donors (Lipinski definition) is 9. The van der Waals surface area contributed by atoms with E-state index in [1.807, 2.05) is 0 Å². The summed E-state index contributed by atoms with van der Waals surface area (Å²) >= 11 is 11.6. The Labute approximate surface area is 176 Å². The first-order valence-electron chi connectivity index (χ1n) is 7.78. The summed E-state index contributed by atoms with van der Waals surface area (Å²) in [5.74, 6) is -2.37. The number of carboxylic acids is 3. The van der Waals surface area contributed by atoms with Crippen LogP contribution < -0.4 is 0 Å². The maximum absolute atomic E-state index is 9.76. The van der Waals surface area contributed by atoms with E-state index in [0.717, 1.165) is 0 Å². The predicted molar refractivity (Wildman–Crippen MR) is 112 cm³/mol. The Hall–Kier alpha value is -0.660. The number of hydrogen-bond acceptors (Lipinski definition) is 9. The van der Waals surface area contributed by atoms with Gasteiger partial charge in [0.2, 0.25) is 0 Å². The molecular formula is C15H32O9S3. The van der Waals surface area contributed by atoms with E-state index in [1.165, 1.54) is 0 Å². The van der Waals surface area contributed by atoms with E-state index in [0.29, 0.717) is 0 Å². The van der Waals surface area contributed by atoms with Crippen LogP contribution in [0, 0.1) is 0 Å². The molecule has 0 aromatic heterocycles. The molecule has 0 aromatic carbocycles. The summed E-state index contributed by atoms with van der Waals surface area (Å²) in [6.07, 6.45) is -0.528. The zero-order valence-electron chi connectivity index (χ0n) is 15.6. The summed E-state index contributed by atoms with van der Waals surface area (Å²) in [5.41, 5.74) is 0. The van der Waals surface area contributed by atoms with Crippen molar-refractivity contribution in [1.82, 2.24) is 0 Å². The SMILES string of the molecule is CC(S)CC(=O)O.CC(S)CC(=O)O.CC(S)CC(=O)O.OCC(O)CO. The monoisotopic (exact) mass is 452 g/mol. The van der Waals surface area contributed by atoms with Gasteiger partial charge in [0.05, 0.1) is 32.5 Å². The number of thiol groups is 3. The van der Waals surface area contributed by atoms with Gasteiger partial charge in [-0.3, -0.25) is 14.4 Å². The zero-order valence-corrected chi connectivity index (χ0v) is 18.3. The highest BCUT2D eigenvalue weighted by atomic mass is 32.1. The second-order valence-corrected chi connectivity index (χ2v) is 8.00. The summed E-state index contributed by atoms with van der Waals surface area (Å²) in [7, 11) is 0. The van der Waals surface area contributed by atoms with Gasteiger partial charge in [0, 0.05) is 15.7 Å². The Morgan fingerprint density at radius 1 is 0.667 bits per heavy atom. The highest BCUT2D eigenvalue weighted by Crippen LogP contribution is 1.97. The Kier molecular flexibility index (Phi) is 29.3. The molecule has 0 aliphatic carbocycles. The lowest BCUT2D eigenvalue weighted by Gasteiger charge is -1.96. The quantitative estimate of drug-likeness (QED) is 0.240. The minimum absolute atomic E-state index is 0.0301. The topological polar surface area (TPSA) is 173 Å². The molecule has 0 bridgehead atoms. The molecule has 0 amide bonds. The van der Waals surface area contributed by atoms with Crippen molar-refractivity contribution < 1.29 is 45.0 Å². The Bertz CT molecular complexity index is 326. The van der Waals surface area contributed by atoms with Crippen LogP contribution in [0.5, 0.6) is 0 Å². The third-order valence-corrected chi connectivity index (χ3v) is 2.38. The first-order valence-corrected chi connectivity index (χ1v) is 9.33. The number of aliphatic hydroxyl groups is 3. The van der Waals surface area contributed by atoms with Crippen molar-refractivity contribution in [2.45, 2.75) is 61.9 Å². The van der Waals surface area contributed by atoms with E-state index in [4.69, 9.17) is 30.6 Å². The summed E-state index contributed by atoms with van der Waals surface area (Å²) in [5, 5.41) is 48.0. The highest BCUT2D eigenvalue weighted by molar-refractivity contribution is 7.81. The molecule has 0 heterocycles. The Balaban J connectivity index is -0.000000131. The molecular weight excluding hydrogens is 420 g/mol. The zero-order chi connectivity index (χ0) is 22.6. The molecule has 9 nitrogen and oxygen atoms in total. The molecule has 0 aromatic rings. The van der Waals surface area contributed by atoms with Gasteiger partial charge >= 0.3 is 17.9 Å². The molecule has 12 heteroatoms. The van der Waals surface area contributed by atoms with Crippen LogP contribution in [0.25, 0.3) is 0 Å². The van der Waals surface area contributed by atoms with Gasteiger partial charge < -0.3 is 30.6 Å². The van der Waals surface area contributed by atoms with E-state index in [9.17, 15) is 14.4 Å². The fraction of sp³-hybridized carbons (Fsp3) is 0.800. The van der Waals surface area contributed by atoms with E-state index < -0.39 is 24.0 Å². The molecule has 0 fully saturated rings. The standard InChI is InChI=1S/3C4H8O2S.C3H8O3/c3*1-3(7)2-4(5)6;4-1-3(6)2-5/h3*3,7H,2H2,1H3,(H,5,6);3-6H,1-2H2. The van der Waals surface area contributed by atoms with Gasteiger partial charge in [0.25, 0.3) is 0 Å². The molecule has 0 aliphatic heterocycles. The minimum Gasteiger partial charge on any atom is -0.481 e. The van der Waals surface area contributed by atoms with Crippen molar-refractivity contribution in [2.24, 2.45) is 0 Å². The van der Waals surface area contributed by atoms with Gasteiger partial charge in [-0.15, -0.1) is 0 Å². The number of aliphatic carboxylic acids is 3. The van der Waals surface area contributed by atoms with Gasteiger partial charge in [0.15, 0.2) is 0 Å². The lowest BCUT2D eigenvalue weighted by Crippen LogP contribution is -2.15. The number of carbonyl (C=O) groups is 3. The van der Waals surface area contributed by atoms with Gasteiger partial charge in [-0.25, -0.2) is 0 Å². The van der Waals surface area contributed by atoms with Crippen LogP contribution in [-0.2, 0) is 14.4 Å². The van der Waals surface area contributed by atoms with Crippen LogP contribution >= 0.6 is 37.9 Å². The van der Waals surface area contributed by atoms with Crippen LogP contribution in [0.4, 0.5) is 0 Å². The summed E-state index contributed by atoms with van der Waals surface area (Å²) in [6, 6.07) is 0. The third-order valence-electron chi connectivity index (χ3n) is 1.83. The van der Waals surface area contributed by atoms with Crippen LogP contribution in [0.15, 0.2) is 0 Å². The summed E-state index contributed by atoms with van der Waals surface area (Å²) < 4.78 is 0. The number of aliphatic hydroxyl groups excluding tert-OH is 3. The number of rotatable bonds is 8. The van der Waals surface area contributed by atoms with Gasteiger partial charge in [-0.05, 0) is 0 Å². The predicted octanol–water partition coefficient (Wildman–Crippen LogP) is 0.670. The summed E-state index contributed by atoms with van der Waals surface area (Å²) in [4.78, 5) is 29.3. The van der Waals surface area contributed by atoms with Gasteiger partial charge in [-0.2, -0.15) is 37.9 Å². The van der Waals surface area contributed by atoms with Crippen LogP contribution in [0.3, 0.4) is 0 Å². The normalized spacial score (nSPS) is 12.7. The third kappa shape index (κ3) is 58.7. The van der Waals surface area contributed by atoms with Crippen LogP contribution in [0.1, 0.15) is 40.0 Å². The molecule has 27 heavy (non-hydrogen) atoms. The van der Waals surface area contributed by atoms with Crippen molar-refractivity contribution in [3.8, 4) is 0 Å². The maximum atomic E-state index is 9.76. The highest BCUT2D eigenvalue weighted by Gasteiger charge is 2.00. The van der Waals surface area contributed by atoms with Crippen molar-refractivity contribution in [3.63, 3.8) is 0 Å². The lowest BCUT2D eigenvalue weighted by atomic mass is 10.3. The van der Waals surface area contributed by atoms with Gasteiger partial charge in [0.1, 0.15) is 6.10 Å². The van der Waals surface area contributed by atoms with E-state index in [1.54, 1.807) is 20.8 Å². The molecule has 6 N–H and O–H groups in total. The molecule has 0 aliphatic rings. The second-order valence-electron chi connectivity index (χ2n) is 5.36. The molecule has 164 valence electrons.